The number of nitrogens with zero attached hydrogens (tertiary/aromatic N) is 4. The van der Waals surface area contributed by atoms with E-state index >= 15 is 0 Å². The van der Waals surface area contributed by atoms with Crippen LogP contribution in [0.15, 0.2) is 175 Å². The molecule has 0 bridgehead atoms. The Kier molecular flexibility index (Phi) is 6.48. The molecule has 5 heteroatoms. The maximum atomic E-state index is 6.57. The first-order valence-electron chi connectivity index (χ1n) is 17.7. The highest BCUT2D eigenvalue weighted by molar-refractivity contribution is 6.20. The van der Waals surface area contributed by atoms with Crippen LogP contribution in [0, 0.1) is 0 Å². The zero-order valence-corrected chi connectivity index (χ0v) is 28.4. The topological polar surface area (TPSA) is 64.7 Å². The lowest BCUT2D eigenvalue weighted by atomic mass is 9.92. The Morgan fingerprint density at radius 2 is 0.981 bits per heavy atom. The second kappa shape index (κ2) is 11.7. The Balaban J connectivity index is 1.16. The summed E-state index contributed by atoms with van der Waals surface area (Å²) < 4.78 is 6.57. The molecule has 0 aliphatic rings. The average molecular weight is 677 g/mol. The van der Waals surface area contributed by atoms with Crippen molar-refractivity contribution in [1.29, 1.82) is 0 Å². The van der Waals surface area contributed by atoms with E-state index in [9.17, 15) is 0 Å². The van der Waals surface area contributed by atoms with E-state index in [2.05, 4.69) is 151 Å². The SMILES string of the molecule is c1ccc2cc(-c3nc(-c4ccc5ccccc5c4)nc(-c4cc(-c5cccc6oc7c8cnccc8ccc7c56)c5ccccc5c4)n3)ccc2c1. The molecule has 246 valence electrons. The molecule has 0 aliphatic carbocycles. The highest BCUT2D eigenvalue weighted by Gasteiger charge is 2.19. The maximum Gasteiger partial charge on any atom is 0.164 e. The van der Waals surface area contributed by atoms with Gasteiger partial charge in [0.05, 0.1) is 0 Å². The minimum absolute atomic E-state index is 0.611. The zero-order valence-electron chi connectivity index (χ0n) is 28.4. The van der Waals surface area contributed by atoms with Crippen molar-refractivity contribution in [2.45, 2.75) is 0 Å². The minimum Gasteiger partial charge on any atom is -0.455 e. The third-order valence-corrected chi connectivity index (χ3v) is 10.3. The summed E-state index contributed by atoms with van der Waals surface area (Å²) in [6.07, 6.45) is 3.70. The molecule has 3 aromatic heterocycles. The van der Waals surface area contributed by atoms with Crippen LogP contribution >= 0.6 is 0 Å². The molecular formula is C48H28N4O. The lowest BCUT2D eigenvalue weighted by Gasteiger charge is -2.13. The van der Waals surface area contributed by atoms with Crippen LogP contribution in [-0.4, -0.2) is 19.9 Å². The molecule has 3 heterocycles. The fourth-order valence-electron chi connectivity index (χ4n) is 7.75. The molecule has 11 rings (SSSR count). The van der Waals surface area contributed by atoms with Gasteiger partial charge in [-0.3, -0.25) is 4.98 Å². The van der Waals surface area contributed by atoms with Gasteiger partial charge in [-0.2, -0.15) is 0 Å². The molecule has 0 spiro atoms. The predicted molar refractivity (Wildman–Crippen MR) is 217 cm³/mol. The molecule has 0 unspecified atom stereocenters. The van der Waals surface area contributed by atoms with E-state index in [0.717, 1.165) is 82.1 Å². The van der Waals surface area contributed by atoms with Crippen LogP contribution in [0.4, 0.5) is 0 Å². The van der Waals surface area contributed by atoms with Crippen molar-refractivity contribution in [2.75, 3.05) is 0 Å². The van der Waals surface area contributed by atoms with E-state index in [1.54, 1.807) is 0 Å². The van der Waals surface area contributed by atoms with Crippen LogP contribution in [-0.2, 0) is 0 Å². The van der Waals surface area contributed by atoms with Crippen LogP contribution in [0.5, 0.6) is 0 Å². The minimum atomic E-state index is 0.611. The number of fused-ring (bicyclic) bond motifs is 8. The van der Waals surface area contributed by atoms with Gasteiger partial charge >= 0.3 is 0 Å². The third kappa shape index (κ3) is 4.86. The van der Waals surface area contributed by atoms with Crippen molar-refractivity contribution in [3.63, 3.8) is 0 Å². The Labute approximate surface area is 303 Å². The largest absolute Gasteiger partial charge is 0.455 e. The van der Waals surface area contributed by atoms with Gasteiger partial charge in [0, 0.05) is 45.2 Å². The number of furan rings is 1. The third-order valence-electron chi connectivity index (χ3n) is 10.3. The van der Waals surface area contributed by atoms with Crippen LogP contribution in [0.1, 0.15) is 0 Å². The standard InChI is InChI=1S/C48H28N4O/c1-3-10-32-24-35(18-16-29(32)8-1)46-50-47(36-19-17-30-9-2-4-11-33(30)25-36)52-48(51-46)37-26-34-12-5-6-13-38(34)41(27-37)39-14-7-15-43-44(39)40-21-20-31-22-23-49-28-42(31)45(40)53-43/h1-28H. The number of hydrogen-bond donors (Lipinski definition) is 0. The summed E-state index contributed by atoms with van der Waals surface area (Å²) in [7, 11) is 0. The van der Waals surface area contributed by atoms with Crippen molar-refractivity contribution >= 4 is 65.0 Å². The van der Waals surface area contributed by atoms with Gasteiger partial charge in [-0.05, 0) is 91.3 Å². The summed E-state index contributed by atoms with van der Waals surface area (Å²) >= 11 is 0. The van der Waals surface area contributed by atoms with Crippen LogP contribution in [0.25, 0.3) is 110 Å². The molecule has 0 saturated heterocycles. The van der Waals surface area contributed by atoms with Crippen LogP contribution in [0.2, 0.25) is 0 Å². The van der Waals surface area contributed by atoms with Crippen molar-refractivity contribution in [2.24, 2.45) is 0 Å². The Morgan fingerprint density at radius 1 is 0.377 bits per heavy atom. The molecule has 11 aromatic rings. The fourth-order valence-corrected chi connectivity index (χ4v) is 7.75. The number of rotatable bonds is 4. The van der Waals surface area contributed by atoms with Gasteiger partial charge in [0.25, 0.3) is 0 Å². The molecule has 8 aromatic carbocycles. The number of pyridine rings is 1. The normalized spacial score (nSPS) is 11.8. The molecule has 53 heavy (non-hydrogen) atoms. The van der Waals surface area contributed by atoms with Gasteiger partial charge in [-0.15, -0.1) is 0 Å². The lowest BCUT2D eigenvalue weighted by Crippen LogP contribution is -2.00. The van der Waals surface area contributed by atoms with Crippen molar-refractivity contribution < 1.29 is 4.42 Å². The van der Waals surface area contributed by atoms with Gasteiger partial charge in [0.15, 0.2) is 17.5 Å². The van der Waals surface area contributed by atoms with Crippen molar-refractivity contribution in [3.05, 3.63) is 170 Å². The number of aromatic nitrogens is 4. The second-order valence-electron chi connectivity index (χ2n) is 13.5. The van der Waals surface area contributed by atoms with Gasteiger partial charge in [-0.25, -0.2) is 15.0 Å². The van der Waals surface area contributed by atoms with Gasteiger partial charge < -0.3 is 4.42 Å². The predicted octanol–water partition coefficient (Wildman–Crippen LogP) is 12.4. The Bertz CT molecular complexity index is 3160. The lowest BCUT2D eigenvalue weighted by molar-refractivity contribution is 0.672. The van der Waals surface area contributed by atoms with Crippen LogP contribution in [0.3, 0.4) is 0 Å². The monoisotopic (exact) mass is 676 g/mol. The average Bonchev–Trinajstić information content (AvgIpc) is 3.62. The summed E-state index contributed by atoms with van der Waals surface area (Å²) in [4.78, 5) is 19.9. The maximum absolute atomic E-state index is 6.57. The summed E-state index contributed by atoms with van der Waals surface area (Å²) in [5.41, 5.74) is 6.62. The van der Waals surface area contributed by atoms with E-state index in [1.165, 1.54) is 10.8 Å². The Morgan fingerprint density at radius 3 is 1.70 bits per heavy atom. The molecular weight excluding hydrogens is 649 g/mol. The molecule has 0 saturated carbocycles. The summed E-state index contributed by atoms with van der Waals surface area (Å²) in [5, 5.41) is 11.1. The second-order valence-corrected chi connectivity index (χ2v) is 13.5. The van der Waals surface area contributed by atoms with Gasteiger partial charge in [0.2, 0.25) is 0 Å². The van der Waals surface area contributed by atoms with E-state index < -0.39 is 0 Å². The molecule has 0 aliphatic heterocycles. The highest BCUT2D eigenvalue weighted by atomic mass is 16.3. The number of hydrogen-bond acceptors (Lipinski definition) is 5. The molecule has 5 nitrogen and oxygen atoms in total. The van der Waals surface area contributed by atoms with E-state index in [0.29, 0.717) is 17.5 Å². The summed E-state index contributed by atoms with van der Waals surface area (Å²) in [5.74, 6) is 1.86. The van der Waals surface area contributed by atoms with E-state index in [4.69, 9.17) is 19.4 Å². The summed E-state index contributed by atoms with van der Waals surface area (Å²) in [6.45, 7) is 0. The number of benzene rings is 8. The van der Waals surface area contributed by atoms with Gasteiger partial charge in [0.1, 0.15) is 11.2 Å². The first-order chi connectivity index (χ1) is 26.2. The van der Waals surface area contributed by atoms with E-state index in [1.807, 2.05) is 24.5 Å². The highest BCUT2D eigenvalue weighted by Crippen LogP contribution is 2.42. The Hall–Kier alpha value is -7.24. The molecule has 0 radical (unpaired) electrons. The molecule has 0 atom stereocenters. The smallest absolute Gasteiger partial charge is 0.164 e. The molecule has 0 N–H and O–H groups in total. The molecule has 0 amide bonds. The van der Waals surface area contributed by atoms with Gasteiger partial charge in [-0.1, -0.05) is 115 Å². The molecule has 0 fully saturated rings. The first-order valence-corrected chi connectivity index (χ1v) is 17.7. The summed E-state index contributed by atoms with van der Waals surface area (Å²) in [6, 6.07) is 55.1. The van der Waals surface area contributed by atoms with Crippen molar-refractivity contribution in [1.82, 2.24) is 19.9 Å². The zero-order chi connectivity index (χ0) is 34.9. The fraction of sp³-hybridized carbons (Fsp3) is 0. The quantitative estimate of drug-likeness (QED) is 0.186. The van der Waals surface area contributed by atoms with Crippen LogP contribution < -0.4 is 0 Å². The van der Waals surface area contributed by atoms with Crippen molar-refractivity contribution in [3.8, 4) is 45.3 Å². The first kappa shape index (κ1) is 29.5. The van der Waals surface area contributed by atoms with E-state index in [-0.39, 0.29) is 0 Å².